The maximum Gasteiger partial charge on any atom is 0.289 e. The topological polar surface area (TPSA) is 49.4 Å². The number of hydrogen-bond acceptors (Lipinski definition) is 3. The Bertz CT molecular complexity index is 224. The molecule has 0 aliphatic rings. The first-order valence-corrected chi connectivity index (χ1v) is 4.12. The third-order valence-corrected chi connectivity index (χ3v) is 1.77. The minimum atomic E-state index is -0.465. The Hall–Kier alpha value is -1.32. The van der Waals surface area contributed by atoms with Crippen LogP contribution in [-0.2, 0) is 9.59 Å². The van der Waals surface area contributed by atoms with Crippen LogP contribution in [0.2, 0.25) is 0 Å². The zero-order valence-corrected chi connectivity index (χ0v) is 8.50. The smallest absolute Gasteiger partial charge is 0.289 e. The Kier molecular flexibility index (Phi) is 4.80. The molecule has 13 heavy (non-hydrogen) atoms. The van der Waals surface area contributed by atoms with Gasteiger partial charge < -0.3 is 10.2 Å². The Balaban J connectivity index is 4.25. The number of carbonyl (C=O) groups excluding carboxylic acids is 2. The van der Waals surface area contributed by atoms with Crippen LogP contribution in [0.1, 0.15) is 13.8 Å². The number of carbonyl (C=O) groups is 2. The predicted molar refractivity (Wildman–Crippen MR) is 51.1 cm³/mol. The van der Waals surface area contributed by atoms with Crippen LogP contribution in [0, 0.1) is 0 Å². The highest BCUT2D eigenvalue weighted by molar-refractivity contribution is 6.35. The summed E-state index contributed by atoms with van der Waals surface area (Å²) in [5.74, 6) is -0.902. The van der Waals surface area contributed by atoms with E-state index in [1.807, 2.05) is 6.92 Å². The monoisotopic (exact) mass is 184 g/mol. The highest BCUT2D eigenvalue weighted by Gasteiger charge is 2.16. The first kappa shape index (κ1) is 11.7. The van der Waals surface area contributed by atoms with Crippen molar-refractivity contribution in [3.63, 3.8) is 0 Å². The largest absolute Gasteiger partial charge is 0.394 e. The van der Waals surface area contributed by atoms with Gasteiger partial charge in [0.05, 0.1) is 0 Å². The summed E-state index contributed by atoms with van der Waals surface area (Å²) in [5.41, 5.74) is 0. The predicted octanol–water partition coefficient (Wildman–Crippen LogP) is 0.155. The number of rotatable bonds is 4. The van der Waals surface area contributed by atoms with Crippen molar-refractivity contribution in [3.05, 3.63) is 12.3 Å². The van der Waals surface area contributed by atoms with Crippen LogP contribution in [-0.4, -0.2) is 36.7 Å². The van der Waals surface area contributed by atoms with E-state index in [9.17, 15) is 9.59 Å². The Morgan fingerprint density at radius 3 is 2.38 bits per heavy atom. The fraction of sp³-hybridized carbons (Fsp3) is 0.556. The summed E-state index contributed by atoms with van der Waals surface area (Å²) in [7, 11) is 3.38. The van der Waals surface area contributed by atoms with Gasteiger partial charge in [-0.05, 0) is 19.2 Å². The van der Waals surface area contributed by atoms with Crippen LogP contribution in [0.25, 0.3) is 0 Å². The van der Waals surface area contributed by atoms with Gasteiger partial charge in [0.1, 0.15) is 0 Å². The van der Waals surface area contributed by atoms with Gasteiger partial charge in [-0.2, -0.15) is 0 Å². The Morgan fingerprint density at radius 1 is 1.46 bits per heavy atom. The van der Waals surface area contributed by atoms with Gasteiger partial charge in [-0.25, -0.2) is 0 Å². The molecule has 0 aromatic heterocycles. The maximum absolute atomic E-state index is 11.2. The summed E-state index contributed by atoms with van der Waals surface area (Å²) in [4.78, 5) is 23.3. The van der Waals surface area contributed by atoms with Crippen molar-refractivity contribution in [3.8, 4) is 0 Å². The number of nitrogens with one attached hydrogen (secondary N) is 1. The highest BCUT2D eigenvalue weighted by Crippen LogP contribution is 1.97. The van der Waals surface area contributed by atoms with Crippen LogP contribution in [0.4, 0.5) is 0 Å². The van der Waals surface area contributed by atoms with Crippen molar-refractivity contribution in [2.45, 2.75) is 19.9 Å². The molecular weight excluding hydrogens is 168 g/mol. The fourth-order valence-corrected chi connectivity index (χ4v) is 0.798. The second-order valence-electron chi connectivity index (χ2n) is 2.86. The van der Waals surface area contributed by atoms with Gasteiger partial charge in [-0.15, -0.1) is 0 Å². The third-order valence-electron chi connectivity index (χ3n) is 1.77. The van der Waals surface area contributed by atoms with Gasteiger partial charge in [0.2, 0.25) is 5.78 Å². The van der Waals surface area contributed by atoms with E-state index in [1.54, 1.807) is 26.4 Å². The molecular formula is C9H16N2O2. The normalized spacial score (nSPS) is 12.6. The van der Waals surface area contributed by atoms with E-state index >= 15 is 0 Å². The molecule has 0 aliphatic heterocycles. The van der Waals surface area contributed by atoms with Crippen LogP contribution >= 0.6 is 0 Å². The van der Waals surface area contributed by atoms with Crippen molar-refractivity contribution >= 4 is 11.7 Å². The van der Waals surface area contributed by atoms with Gasteiger partial charge in [0, 0.05) is 27.1 Å². The van der Waals surface area contributed by atoms with E-state index in [-0.39, 0.29) is 6.04 Å². The molecule has 1 amide bonds. The average Bonchev–Trinajstić information content (AvgIpc) is 2.11. The number of Topliss-reactive ketones (excluding diaryl/α,β-unsaturated/α-hetero) is 1. The van der Waals surface area contributed by atoms with Crippen molar-refractivity contribution in [1.82, 2.24) is 10.2 Å². The number of ketones is 1. The SMILES string of the molecule is CN/C=C\C(C)N(C)C(=O)C(C)=O. The molecule has 1 N–H and O–H groups in total. The van der Waals surface area contributed by atoms with Gasteiger partial charge in [-0.1, -0.05) is 0 Å². The maximum atomic E-state index is 11.2. The molecule has 0 bridgehead atoms. The van der Waals surface area contributed by atoms with E-state index in [4.69, 9.17) is 0 Å². The molecule has 74 valence electrons. The van der Waals surface area contributed by atoms with Crippen LogP contribution in [0.5, 0.6) is 0 Å². The Labute approximate surface area is 78.6 Å². The van der Waals surface area contributed by atoms with Crippen LogP contribution in [0.15, 0.2) is 12.3 Å². The zero-order valence-electron chi connectivity index (χ0n) is 8.50. The van der Waals surface area contributed by atoms with Crippen LogP contribution in [0.3, 0.4) is 0 Å². The minimum absolute atomic E-state index is 0.0798. The first-order valence-electron chi connectivity index (χ1n) is 4.12. The number of amides is 1. The molecule has 4 nitrogen and oxygen atoms in total. The average molecular weight is 184 g/mol. The van der Waals surface area contributed by atoms with Gasteiger partial charge in [0.25, 0.3) is 5.91 Å². The van der Waals surface area contributed by atoms with Gasteiger partial charge in [0.15, 0.2) is 0 Å². The fourth-order valence-electron chi connectivity index (χ4n) is 0.798. The second-order valence-corrected chi connectivity index (χ2v) is 2.86. The summed E-state index contributed by atoms with van der Waals surface area (Å²) < 4.78 is 0. The Morgan fingerprint density at radius 2 is 2.00 bits per heavy atom. The molecule has 0 fully saturated rings. The summed E-state index contributed by atoms with van der Waals surface area (Å²) in [6.07, 6.45) is 3.54. The van der Waals surface area contributed by atoms with Crippen LogP contribution < -0.4 is 5.32 Å². The highest BCUT2D eigenvalue weighted by atomic mass is 16.2. The van der Waals surface area contributed by atoms with Crippen molar-refractivity contribution < 1.29 is 9.59 Å². The van der Waals surface area contributed by atoms with E-state index in [0.29, 0.717) is 0 Å². The molecule has 0 spiro atoms. The molecule has 0 rings (SSSR count). The minimum Gasteiger partial charge on any atom is -0.394 e. The standard InChI is InChI=1S/C9H16N2O2/c1-7(5-6-10-3)11(4)9(13)8(2)12/h5-7,10H,1-4H3/b6-5-. The van der Waals surface area contributed by atoms with Gasteiger partial charge >= 0.3 is 0 Å². The molecule has 0 heterocycles. The number of nitrogens with zero attached hydrogens (tertiary/aromatic N) is 1. The lowest BCUT2D eigenvalue weighted by atomic mass is 10.2. The molecule has 0 aromatic carbocycles. The molecule has 4 heteroatoms. The van der Waals surface area contributed by atoms with Crippen molar-refractivity contribution in [2.24, 2.45) is 0 Å². The molecule has 1 unspecified atom stereocenters. The lowest BCUT2D eigenvalue weighted by Crippen LogP contribution is -2.37. The summed E-state index contributed by atoms with van der Waals surface area (Å²) in [6, 6.07) is -0.0798. The zero-order chi connectivity index (χ0) is 10.4. The quantitative estimate of drug-likeness (QED) is 0.633. The van der Waals surface area contributed by atoms with Crippen molar-refractivity contribution in [1.29, 1.82) is 0 Å². The molecule has 1 atom stereocenters. The summed E-state index contributed by atoms with van der Waals surface area (Å²) in [6.45, 7) is 3.11. The summed E-state index contributed by atoms with van der Waals surface area (Å²) >= 11 is 0. The molecule has 0 aliphatic carbocycles. The molecule has 0 radical (unpaired) electrons. The number of likely N-dealkylation sites (N-methyl/N-ethyl adjacent to an activating group) is 1. The second kappa shape index (κ2) is 5.35. The lowest BCUT2D eigenvalue weighted by molar-refractivity contribution is -0.143. The van der Waals surface area contributed by atoms with Gasteiger partial charge in [-0.3, -0.25) is 9.59 Å². The van der Waals surface area contributed by atoms with E-state index in [1.165, 1.54) is 11.8 Å². The molecule has 0 saturated heterocycles. The summed E-state index contributed by atoms with van der Waals surface area (Å²) in [5, 5.41) is 2.82. The molecule has 0 aromatic rings. The van der Waals surface area contributed by atoms with E-state index < -0.39 is 11.7 Å². The molecule has 0 saturated carbocycles. The first-order chi connectivity index (χ1) is 6.00. The lowest BCUT2D eigenvalue weighted by Gasteiger charge is -2.20. The number of hydrogen-bond donors (Lipinski definition) is 1. The van der Waals surface area contributed by atoms with Crippen molar-refractivity contribution in [2.75, 3.05) is 14.1 Å². The third kappa shape index (κ3) is 3.73. The van der Waals surface area contributed by atoms with E-state index in [0.717, 1.165) is 0 Å². The van der Waals surface area contributed by atoms with E-state index in [2.05, 4.69) is 5.32 Å².